The molecule has 1 aliphatic heterocycles. The van der Waals surface area contributed by atoms with Crippen LogP contribution in [0.1, 0.15) is 25.8 Å². The zero-order chi connectivity index (χ0) is 13.9. The van der Waals surface area contributed by atoms with Crippen molar-refractivity contribution in [2.24, 2.45) is 5.92 Å². The number of benzene rings is 1. The second kappa shape index (κ2) is 5.74. The van der Waals surface area contributed by atoms with Gasteiger partial charge in [0, 0.05) is 31.0 Å². The minimum atomic E-state index is -0.0468. The van der Waals surface area contributed by atoms with E-state index in [2.05, 4.69) is 48.3 Å². The first kappa shape index (κ1) is 14.1. The summed E-state index contributed by atoms with van der Waals surface area (Å²) in [7, 11) is 1.95. The van der Waals surface area contributed by atoms with Crippen molar-refractivity contribution in [1.29, 1.82) is 0 Å². The van der Waals surface area contributed by atoms with Crippen molar-refractivity contribution < 1.29 is 4.79 Å². The van der Waals surface area contributed by atoms with Gasteiger partial charge in [0.15, 0.2) is 0 Å². The SMILES string of the molecule is CNCC1CC(=O)N(CCc2ccccc2)C1(C)C. The molecule has 1 fully saturated rings. The smallest absolute Gasteiger partial charge is 0.223 e. The molecule has 3 nitrogen and oxygen atoms in total. The lowest BCUT2D eigenvalue weighted by atomic mass is 9.88. The normalized spacial score (nSPS) is 21.9. The summed E-state index contributed by atoms with van der Waals surface area (Å²) >= 11 is 0. The molecule has 0 spiro atoms. The molecule has 0 radical (unpaired) electrons. The lowest BCUT2D eigenvalue weighted by Gasteiger charge is -2.36. The number of rotatable bonds is 5. The van der Waals surface area contributed by atoms with Gasteiger partial charge in [0.2, 0.25) is 5.91 Å². The molecule has 1 aromatic rings. The highest BCUT2D eigenvalue weighted by Crippen LogP contribution is 2.35. The van der Waals surface area contributed by atoms with Gasteiger partial charge in [-0.3, -0.25) is 4.79 Å². The molecule has 0 saturated carbocycles. The molecule has 1 saturated heterocycles. The van der Waals surface area contributed by atoms with Crippen LogP contribution in [0, 0.1) is 5.92 Å². The Bertz CT molecular complexity index is 428. The summed E-state index contributed by atoms with van der Waals surface area (Å²) in [5.41, 5.74) is 1.25. The molecule has 3 heteroatoms. The van der Waals surface area contributed by atoms with E-state index in [4.69, 9.17) is 0 Å². The second-order valence-corrected chi connectivity index (χ2v) is 5.89. The number of likely N-dealkylation sites (tertiary alicyclic amines) is 1. The van der Waals surface area contributed by atoms with Crippen LogP contribution in [0.2, 0.25) is 0 Å². The predicted octanol–water partition coefficient (Wildman–Crippen LogP) is 2.08. The van der Waals surface area contributed by atoms with Crippen LogP contribution in [-0.2, 0) is 11.2 Å². The van der Waals surface area contributed by atoms with Crippen molar-refractivity contribution in [2.75, 3.05) is 20.1 Å². The van der Waals surface area contributed by atoms with Gasteiger partial charge in [-0.15, -0.1) is 0 Å². The Morgan fingerprint density at radius 2 is 2.00 bits per heavy atom. The van der Waals surface area contributed by atoms with Gasteiger partial charge in [0.1, 0.15) is 0 Å². The molecule has 1 aromatic carbocycles. The maximum absolute atomic E-state index is 12.2. The van der Waals surface area contributed by atoms with Gasteiger partial charge in [-0.2, -0.15) is 0 Å². The lowest BCUT2D eigenvalue weighted by molar-refractivity contribution is -0.130. The fourth-order valence-electron chi connectivity index (χ4n) is 2.98. The molecule has 19 heavy (non-hydrogen) atoms. The average molecular weight is 260 g/mol. The number of amides is 1. The van der Waals surface area contributed by atoms with E-state index in [0.29, 0.717) is 18.2 Å². The van der Waals surface area contributed by atoms with Crippen LogP contribution >= 0.6 is 0 Å². The zero-order valence-electron chi connectivity index (χ0n) is 12.1. The summed E-state index contributed by atoms with van der Waals surface area (Å²) < 4.78 is 0. The molecule has 104 valence electrons. The van der Waals surface area contributed by atoms with Crippen LogP contribution in [0.4, 0.5) is 0 Å². The number of carbonyl (C=O) groups excluding carboxylic acids is 1. The maximum atomic E-state index is 12.2. The van der Waals surface area contributed by atoms with E-state index in [9.17, 15) is 4.79 Å². The van der Waals surface area contributed by atoms with Gasteiger partial charge in [-0.25, -0.2) is 0 Å². The van der Waals surface area contributed by atoms with E-state index in [1.807, 2.05) is 13.1 Å². The Morgan fingerprint density at radius 3 is 2.63 bits per heavy atom. The molecular formula is C16H24N2O. The third-order valence-electron chi connectivity index (χ3n) is 4.33. The summed E-state index contributed by atoms with van der Waals surface area (Å²) in [6, 6.07) is 10.4. The quantitative estimate of drug-likeness (QED) is 0.879. The summed E-state index contributed by atoms with van der Waals surface area (Å²) in [5, 5.41) is 3.20. The van der Waals surface area contributed by atoms with Gasteiger partial charge >= 0.3 is 0 Å². The van der Waals surface area contributed by atoms with E-state index in [1.54, 1.807) is 0 Å². The molecular weight excluding hydrogens is 236 g/mol. The van der Waals surface area contributed by atoms with Crippen LogP contribution < -0.4 is 5.32 Å². The first-order chi connectivity index (χ1) is 9.05. The van der Waals surface area contributed by atoms with Crippen molar-refractivity contribution in [3.63, 3.8) is 0 Å². The summed E-state index contributed by atoms with van der Waals surface area (Å²) in [6.45, 7) is 6.09. The van der Waals surface area contributed by atoms with Crippen LogP contribution in [-0.4, -0.2) is 36.5 Å². The molecule has 1 aliphatic rings. The van der Waals surface area contributed by atoms with Gasteiger partial charge in [-0.1, -0.05) is 30.3 Å². The van der Waals surface area contributed by atoms with E-state index < -0.39 is 0 Å². The molecule has 1 heterocycles. The van der Waals surface area contributed by atoms with Crippen LogP contribution in [0.15, 0.2) is 30.3 Å². The van der Waals surface area contributed by atoms with E-state index in [0.717, 1.165) is 19.5 Å². The highest BCUT2D eigenvalue weighted by molar-refractivity contribution is 5.80. The fraction of sp³-hybridized carbons (Fsp3) is 0.562. The third kappa shape index (κ3) is 2.98. The van der Waals surface area contributed by atoms with Crippen LogP contribution in [0.3, 0.4) is 0 Å². The monoisotopic (exact) mass is 260 g/mol. The van der Waals surface area contributed by atoms with Crippen LogP contribution in [0.5, 0.6) is 0 Å². The summed E-state index contributed by atoms with van der Waals surface area (Å²) in [4.78, 5) is 14.3. The minimum Gasteiger partial charge on any atom is -0.337 e. The Hall–Kier alpha value is -1.35. The molecule has 0 aliphatic carbocycles. The highest BCUT2D eigenvalue weighted by Gasteiger charge is 2.45. The van der Waals surface area contributed by atoms with Crippen molar-refractivity contribution >= 4 is 5.91 Å². The Kier molecular flexibility index (Phi) is 4.25. The lowest BCUT2D eigenvalue weighted by Crippen LogP contribution is -2.47. The number of hydrogen-bond acceptors (Lipinski definition) is 2. The van der Waals surface area contributed by atoms with Crippen molar-refractivity contribution in [1.82, 2.24) is 10.2 Å². The minimum absolute atomic E-state index is 0.0468. The predicted molar refractivity (Wildman–Crippen MR) is 78.0 cm³/mol. The maximum Gasteiger partial charge on any atom is 0.223 e. The van der Waals surface area contributed by atoms with Crippen molar-refractivity contribution in [2.45, 2.75) is 32.2 Å². The number of hydrogen-bond donors (Lipinski definition) is 1. The third-order valence-corrected chi connectivity index (χ3v) is 4.33. The van der Waals surface area contributed by atoms with Gasteiger partial charge in [-0.05, 0) is 32.9 Å². The van der Waals surface area contributed by atoms with E-state index >= 15 is 0 Å². The number of nitrogens with zero attached hydrogens (tertiary/aromatic N) is 1. The van der Waals surface area contributed by atoms with Crippen LogP contribution in [0.25, 0.3) is 0 Å². The van der Waals surface area contributed by atoms with Crippen molar-refractivity contribution in [3.8, 4) is 0 Å². The second-order valence-electron chi connectivity index (χ2n) is 5.89. The molecule has 1 unspecified atom stereocenters. The molecule has 1 amide bonds. The molecule has 0 aromatic heterocycles. The van der Waals surface area contributed by atoms with Gasteiger partial charge in [0.25, 0.3) is 0 Å². The first-order valence-electron chi connectivity index (χ1n) is 7.04. The zero-order valence-corrected chi connectivity index (χ0v) is 12.1. The fourth-order valence-corrected chi connectivity index (χ4v) is 2.98. The molecule has 0 bridgehead atoms. The first-order valence-corrected chi connectivity index (χ1v) is 7.04. The topological polar surface area (TPSA) is 32.3 Å². The highest BCUT2D eigenvalue weighted by atomic mass is 16.2. The summed E-state index contributed by atoms with van der Waals surface area (Å²) in [5.74, 6) is 0.696. The van der Waals surface area contributed by atoms with E-state index in [1.165, 1.54) is 5.56 Å². The molecule has 1 atom stereocenters. The van der Waals surface area contributed by atoms with Crippen molar-refractivity contribution in [3.05, 3.63) is 35.9 Å². The number of carbonyl (C=O) groups is 1. The Morgan fingerprint density at radius 1 is 1.32 bits per heavy atom. The molecule has 2 rings (SSSR count). The van der Waals surface area contributed by atoms with E-state index in [-0.39, 0.29) is 5.54 Å². The average Bonchev–Trinajstić information content (AvgIpc) is 2.59. The number of nitrogens with one attached hydrogen (secondary N) is 1. The standard InChI is InChI=1S/C16H24N2O/c1-16(2)14(12-17-3)11-15(19)18(16)10-9-13-7-5-4-6-8-13/h4-8,14,17H,9-12H2,1-3H3. The summed E-state index contributed by atoms with van der Waals surface area (Å²) in [6.07, 6.45) is 1.60. The van der Waals surface area contributed by atoms with Gasteiger partial charge < -0.3 is 10.2 Å². The Balaban J connectivity index is 2.01. The Labute approximate surface area is 116 Å². The van der Waals surface area contributed by atoms with Gasteiger partial charge in [0.05, 0.1) is 0 Å². The largest absolute Gasteiger partial charge is 0.337 e. The molecule has 1 N–H and O–H groups in total.